The lowest BCUT2D eigenvalue weighted by atomic mass is 9.70. The Bertz CT molecular complexity index is 1340. The first kappa shape index (κ1) is 27.4. The van der Waals surface area contributed by atoms with Crippen LogP contribution in [0.5, 0.6) is 11.5 Å². The van der Waals surface area contributed by atoms with Gasteiger partial charge in [-0.25, -0.2) is 4.79 Å². The maximum absolute atomic E-state index is 13.6. The summed E-state index contributed by atoms with van der Waals surface area (Å²) < 4.78 is 23.3. The van der Waals surface area contributed by atoms with E-state index in [1.54, 1.807) is 49.4 Å². The summed E-state index contributed by atoms with van der Waals surface area (Å²) in [5.41, 5.74) is 1.03. The van der Waals surface area contributed by atoms with Crippen LogP contribution in [-0.2, 0) is 19.1 Å². The fraction of sp³-hybridized carbons (Fsp3) is 0.345. The highest BCUT2D eigenvalue weighted by Crippen LogP contribution is 2.49. The largest absolute Gasteiger partial charge is 0.493 e. The van der Waals surface area contributed by atoms with Gasteiger partial charge in [0.05, 0.1) is 26.7 Å². The van der Waals surface area contributed by atoms with Crippen molar-refractivity contribution in [1.82, 2.24) is 5.32 Å². The zero-order valence-electron chi connectivity index (χ0n) is 22.0. The number of Topliss-reactive ketones (excluding diaryl/α,β-unsaturated/α-hetero) is 1. The molecule has 0 fully saturated rings. The van der Waals surface area contributed by atoms with Gasteiger partial charge in [0.15, 0.2) is 17.3 Å². The van der Waals surface area contributed by atoms with E-state index in [0.717, 1.165) is 4.47 Å². The lowest BCUT2D eigenvalue weighted by Gasteiger charge is -2.38. The predicted octanol–water partition coefficient (Wildman–Crippen LogP) is 5.43. The summed E-state index contributed by atoms with van der Waals surface area (Å²) in [6, 6.07) is 12.0. The molecule has 0 radical (unpaired) electrons. The van der Waals surface area contributed by atoms with Crippen LogP contribution in [0, 0.1) is 5.41 Å². The second-order valence-corrected chi connectivity index (χ2v) is 10.8. The van der Waals surface area contributed by atoms with Gasteiger partial charge in [-0.2, -0.15) is 0 Å². The lowest BCUT2D eigenvalue weighted by molar-refractivity contribution is -0.139. The number of amides is 1. The molecule has 2 aromatic carbocycles. The molecule has 9 heteroatoms. The molecule has 1 unspecified atom stereocenters. The van der Waals surface area contributed by atoms with E-state index in [4.69, 9.17) is 18.9 Å². The van der Waals surface area contributed by atoms with Crippen molar-refractivity contribution >= 4 is 33.6 Å². The second kappa shape index (κ2) is 11.0. The zero-order valence-corrected chi connectivity index (χ0v) is 23.6. The minimum absolute atomic E-state index is 0.0383. The fourth-order valence-electron chi connectivity index (χ4n) is 4.80. The van der Waals surface area contributed by atoms with Gasteiger partial charge >= 0.3 is 5.97 Å². The first-order valence-electron chi connectivity index (χ1n) is 12.2. The number of rotatable bonds is 7. The predicted molar refractivity (Wildman–Crippen MR) is 144 cm³/mol. The maximum atomic E-state index is 13.6. The van der Waals surface area contributed by atoms with Crippen LogP contribution in [0.25, 0.3) is 0 Å². The molecule has 2 aromatic rings. The van der Waals surface area contributed by atoms with E-state index in [0.29, 0.717) is 40.4 Å². The van der Waals surface area contributed by atoms with Crippen molar-refractivity contribution in [2.75, 3.05) is 20.8 Å². The van der Waals surface area contributed by atoms with E-state index in [-0.39, 0.29) is 35.7 Å². The normalized spacial score (nSPS) is 18.4. The van der Waals surface area contributed by atoms with Gasteiger partial charge in [0.2, 0.25) is 5.88 Å². The molecular weight excluding hydrogens is 554 g/mol. The van der Waals surface area contributed by atoms with Crippen LogP contribution in [0.15, 0.2) is 69.7 Å². The molecule has 4 rings (SSSR count). The summed E-state index contributed by atoms with van der Waals surface area (Å²) in [7, 11) is 3.04. The fourth-order valence-corrected chi connectivity index (χ4v) is 5.06. The van der Waals surface area contributed by atoms with Crippen LogP contribution in [0.1, 0.15) is 55.5 Å². The van der Waals surface area contributed by atoms with Crippen molar-refractivity contribution in [3.8, 4) is 11.5 Å². The van der Waals surface area contributed by atoms with Crippen molar-refractivity contribution in [3.63, 3.8) is 0 Å². The van der Waals surface area contributed by atoms with Gasteiger partial charge in [-0.1, -0.05) is 35.8 Å². The third-order valence-electron chi connectivity index (χ3n) is 6.50. The molecule has 1 amide bonds. The topological polar surface area (TPSA) is 100 Å². The molecule has 8 nitrogen and oxygen atoms in total. The number of esters is 1. The molecule has 200 valence electrons. The van der Waals surface area contributed by atoms with Gasteiger partial charge < -0.3 is 18.9 Å². The highest BCUT2D eigenvalue weighted by Gasteiger charge is 2.46. The molecule has 0 bridgehead atoms. The number of nitrogens with one attached hydrogen (secondary N) is 1. The average Bonchev–Trinajstić information content (AvgIpc) is 2.87. The third kappa shape index (κ3) is 5.48. The van der Waals surface area contributed by atoms with Crippen molar-refractivity contribution in [3.05, 3.63) is 80.9 Å². The Hall–Kier alpha value is -3.59. The van der Waals surface area contributed by atoms with E-state index in [9.17, 15) is 14.4 Å². The highest BCUT2D eigenvalue weighted by molar-refractivity contribution is 9.10. The minimum atomic E-state index is -0.846. The Morgan fingerprint density at radius 1 is 1.05 bits per heavy atom. The third-order valence-corrected chi connectivity index (χ3v) is 7.02. The van der Waals surface area contributed by atoms with Gasteiger partial charge in [0.25, 0.3) is 5.91 Å². The monoisotopic (exact) mass is 583 g/mol. The Morgan fingerprint density at radius 2 is 1.74 bits per heavy atom. The number of carbonyl (C=O) groups is 3. The number of allylic oxidation sites excluding steroid dienone is 2. The average molecular weight is 584 g/mol. The van der Waals surface area contributed by atoms with Crippen molar-refractivity contribution < 1.29 is 33.3 Å². The van der Waals surface area contributed by atoms with Crippen molar-refractivity contribution in [2.45, 2.75) is 39.5 Å². The number of benzene rings is 2. The van der Waals surface area contributed by atoms with Crippen LogP contribution < -0.4 is 14.8 Å². The molecule has 1 heterocycles. The van der Waals surface area contributed by atoms with Crippen molar-refractivity contribution in [1.29, 1.82) is 0 Å². The van der Waals surface area contributed by atoms with E-state index >= 15 is 0 Å². The highest BCUT2D eigenvalue weighted by atomic mass is 79.9. The summed E-state index contributed by atoms with van der Waals surface area (Å²) in [5.74, 6) is -0.832. The summed E-state index contributed by atoms with van der Waals surface area (Å²) in [4.78, 5) is 40.2. The van der Waals surface area contributed by atoms with Gasteiger partial charge in [0.1, 0.15) is 11.3 Å². The maximum Gasteiger partial charge on any atom is 0.340 e. The smallest absolute Gasteiger partial charge is 0.340 e. The Morgan fingerprint density at radius 3 is 2.37 bits per heavy atom. The van der Waals surface area contributed by atoms with Crippen LogP contribution in [0.2, 0.25) is 0 Å². The SMILES string of the molecule is CCOC(=O)C1=C(NC(=O)c2ccc(Br)cc2)OC2=C(C(=O)CC(C)(C)C2)C1c1ccc(OC)c(OC)c1. The molecule has 0 spiro atoms. The number of halogens is 1. The molecular formula is C29H30BrNO7. The first-order valence-corrected chi connectivity index (χ1v) is 13.0. The zero-order chi connectivity index (χ0) is 27.6. The quantitative estimate of drug-likeness (QED) is 0.434. The minimum Gasteiger partial charge on any atom is -0.493 e. The van der Waals surface area contributed by atoms with E-state index in [1.807, 2.05) is 13.8 Å². The lowest BCUT2D eigenvalue weighted by Crippen LogP contribution is -2.38. The number of ketones is 1. The molecule has 2 aliphatic rings. The molecule has 0 saturated carbocycles. The molecule has 1 aliphatic carbocycles. The van der Waals surface area contributed by atoms with Gasteiger partial charge in [-0.15, -0.1) is 0 Å². The summed E-state index contributed by atoms with van der Waals surface area (Å²) in [5, 5.41) is 2.77. The molecule has 0 saturated heterocycles. The van der Waals surface area contributed by atoms with E-state index < -0.39 is 17.8 Å². The standard InChI is InChI=1S/C29H30BrNO7/c1-6-37-28(34)25-23(17-9-12-20(35-4)21(13-17)36-5)24-19(32)14-29(2,3)15-22(24)38-27(25)31-26(33)16-7-10-18(30)11-8-16/h7-13,23H,6,14-15H2,1-5H3,(H,31,33). The van der Waals surface area contributed by atoms with Crippen LogP contribution in [0.4, 0.5) is 0 Å². The number of methoxy groups -OCH3 is 2. The molecule has 1 aliphatic heterocycles. The van der Waals surface area contributed by atoms with Crippen LogP contribution >= 0.6 is 15.9 Å². The Kier molecular flexibility index (Phi) is 7.97. The number of hydrogen-bond donors (Lipinski definition) is 1. The number of carbonyl (C=O) groups excluding carboxylic acids is 3. The Labute approximate surface area is 230 Å². The number of hydrogen-bond acceptors (Lipinski definition) is 7. The molecule has 1 atom stereocenters. The first-order chi connectivity index (χ1) is 18.1. The van der Waals surface area contributed by atoms with Gasteiger partial charge in [-0.3, -0.25) is 14.9 Å². The molecule has 1 N–H and O–H groups in total. The summed E-state index contributed by atoms with van der Waals surface area (Å²) in [6.07, 6.45) is 0.737. The van der Waals surface area contributed by atoms with Crippen LogP contribution in [0.3, 0.4) is 0 Å². The summed E-state index contributed by atoms with van der Waals surface area (Å²) in [6.45, 7) is 5.75. The van der Waals surface area contributed by atoms with E-state index in [1.165, 1.54) is 14.2 Å². The van der Waals surface area contributed by atoms with Gasteiger partial charge in [-0.05, 0) is 54.3 Å². The van der Waals surface area contributed by atoms with Crippen molar-refractivity contribution in [2.24, 2.45) is 5.41 Å². The second-order valence-electron chi connectivity index (χ2n) is 9.85. The summed E-state index contributed by atoms with van der Waals surface area (Å²) >= 11 is 3.36. The van der Waals surface area contributed by atoms with Crippen LogP contribution in [-0.4, -0.2) is 38.5 Å². The van der Waals surface area contributed by atoms with E-state index in [2.05, 4.69) is 21.2 Å². The molecule has 38 heavy (non-hydrogen) atoms. The van der Waals surface area contributed by atoms with Gasteiger partial charge in [0, 0.05) is 28.5 Å². The molecule has 0 aromatic heterocycles. The Balaban J connectivity index is 1.91. The number of ether oxygens (including phenoxy) is 4.